The van der Waals surface area contributed by atoms with E-state index in [-0.39, 0.29) is 19.0 Å². The van der Waals surface area contributed by atoms with E-state index in [0.29, 0.717) is 0 Å². The average molecular weight is 182 g/mol. The molecule has 0 spiro atoms. The van der Waals surface area contributed by atoms with Crippen molar-refractivity contribution >= 4 is 18.6 Å². The summed E-state index contributed by atoms with van der Waals surface area (Å²) in [5, 5.41) is 23.8. The lowest BCUT2D eigenvalue weighted by Gasteiger charge is -1.85. The van der Waals surface area contributed by atoms with E-state index >= 15 is 0 Å². The van der Waals surface area contributed by atoms with Crippen LogP contribution >= 0.6 is 12.6 Å². The Morgan fingerprint density at radius 3 is 1.55 bits per heavy atom. The first-order chi connectivity index (χ1) is 5.18. The summed E-state index contributed by atoms with van der Waals surface area (Å²) in [5.41, 5.74) is 0. The van der Waals surface area contributed by atoms with Crippen molar-refractivity contribution in [1.82, 2.24) is 0 Å². The van der Waals surface area contributed by atoms with Gasteiger partial charge in [0.15, 0.2) is 0 Å². The van der Waals surface area contributed by atoms with Crippen LogP contribution in [0.1, 0.15) is 12.8 Å². The molecular formula is C6H14O4S. The number of carboxylic acids is 1. The quantitative estimate of drug-likeness (QED) is 0.357. The first-order valence-electron chi connectivity index (χ1n) is 3.23. The van der Waals surface area contributed by atoms with E-state index in [4.69, 9.17) is 15.3 Å². The van der Waals surface area contributed by atoms with Gasteiger partial charge in [0.25, 0.3) is 0 Å². The molecule has 0 atom stereocenters. The molecule has 0 aromatic carbocycles. The zero-order chi connectivity index (χ0) is 9.11. The fraction of sp³-hybridized carbons (Fsp3) is 0.833. The molecule has 0 heterocycles. The van der Waals surface area contributed by atoms with Gasteiger partial charge in [0, 0.05) is 13.2 Å². The largest absolute Gasteiger partial charge is 0.481 e. The van der Waals surface area contributed by atoms with Crippen LogP contribution in [0.3, 0.4) is 0 Å². The Morgan fingerprint density at radius 2 is 1.45 bits per heavy atom. The molecule has 68 valence electrons. The zero-order valence-corrected chi connectivity index (χ0v) is 7.13. The monoisotopic (exact) mass is 182 g/mol. The summed E-state index contributed by atoms with van der Waals surface area (Å²) in [6, 6.07) is 0. The molecule has 0 bridgehead atoms. The highest BCUT2D eigenvalue weighted by Crippen LogP contribution is 1.80. The molecule has 0 rings (SSSR count). The Morgan fingerprint density at radius 1 is 1.18 bits per heavy atom. The van der Waals surface area contributed by atoms with E-state index < -0.39 is 5.97 Å². The Balaban J connectivity index is 0. The van der Waals surface area contributed by atoms with Gasteiger partial charge in [-0.15, -0.1) is 0 Å². The summed E-state index contributed by atoms with van der Waals surface area (Å²) in [6.45, 7) is 0.390. The van der Waals surface area contributed by atoms with E-state index in [1.54, 1.807) is 0 Å². The van der Waals surface area contributed by atoms with Crippen LogP contribution in [0.5, 0.6) is 0 Å². The van der Waals surface area contributed by atoms with Crippen LogP contribution in [0.25, 0.3) is 0 Å². The Bertz CT molecular complexity index is 82.7. The number of thiol groups is 1. The smallest absolute Gasteiger partial charge is 0.313 e. The highest BCUT2D eigenvalue weighted by molar-refractivity contribution is 7.81. The second kappa shape index (κ2) is 12.4. The maximum Gasteiger partial charge on any atom is 0.313 e. The summed E-state index contributed by atoms with van der Waals surface area (Å²) < 4.78 is 0. The third-order valence-electron chi connectivity index (χ3n) is 0.701. The van der Waals surface area contributed by atoms with Gasteiger partial charge in [0.2, 0.25) is 0 Å². The van der Waals surface area contributed by atoms with Gasteiger partial charge in [-0.05, 0) is 12.8 Å². The third kappa shape index (κ3) is 26.0. The number of aliphatic carboxylic acids is 1. The van der Waals surface area contributed by atoms with Gasteiger partial charge in [-0.3, -0.25) is 4.79 Å². The molecule has 0 unspecified atom stereocenters. The highest BCUT2D eigenvalue weighted by atomic mass is 32.1. The summed E-state index contributed by atoms with van der Waals surface area (Å²) >= 11 is 3.42. The fourth-order valence-electron chi connectivity index (χ4n) is 0.224. The number of unbranched alkanes of at least 4 members (excludes halogenated alkanes) is 1. The zero-order valence-electron chi connectivity index (χ0n) is 6.23. The average Bonchev–Trinajstić information content (AvgIpc) is 2.02. The van der Waals surface area contributed by atoms with Crippen LogP contribution in [0, 0.1) is 0 Å². The molecular weight excluding hydrogens is 168 g/mol. The van der Waals surface area contributed by atoms with E-state index in [0.717, 1.165) is 12.8 Å². The van der Waals surface area contributed by atoms with Gasteiger partial charge >= 0.3 is 5.97 Å². The van der Waals surface area contributed by atoms with E-state index in [1.807, 2.05) is 0 Å². The van der Waals surface area contributed by atoms with Crippen LogP contribution in [0.15, 0.2) is 0 Å². The maximum atomic E-state index is 9.29. The SMILES string of the molecule is O=C(O)CS.OCCCCO. The molecule has 4 nitrogen and oxygen atoms in total. The first-order valence-corrected chi connectivity index (χ1v) is 3.86. The van der Waals surface area contributed by atoms with Crippen molar-refractivity contribution in [2.24, 2.45) is 0 Å². The van der Waals surface area contributed by atoms with Crippen molar-refractivity contribution in [2.45, 2.75) is 12.8 Å². The molecule has 0 radical (unpaired) electrons. The lowest BCUT2D eigenvalue weighted by Crippen LogP contribution is -1.92. The molecule has 11 heavy (non-hydrogen) atoms. The summed E-state index contributed by atoms with van der Waals surface area (Å²) in [5.74, 6) is -0.965. The Kier molecular flexibility index (Phi) is 15.1. The van der Waals surface area contributed by atoms with Crippen LogP contribution in [-0.2, 0) is 4.79 Å². The van der Waals surface area contributed by atoms with Crippen molar-refractivity contribution in [3.05, 3.63) is 0 Å². The maximum absolute atomic E-state index is 9.29. The number of carboxylic acid groups (broad SMARTS) is 1. The van der Waals surface area contributed by atoms with Gasteiger partial charge in [-0.2, -0.15) is 12.6 Å². The van der Waals surface area contributed by atoms with Gasteiger partial charge in [-0.25, -0.2) is 0 Å². The fourth-order valence-corrected chi connectivity index (χ4v) is 0.224. The van der Waals surface area contributed by atoms with Gasteiger partial charge in [0.05, 0.1) is 5.75 Å². The number of hydrogen-bond donors (Lipinski definition) is 4. The molecule has 0 amide bonds. The minimum Gasteiger partial charge on any atom is -0.481 e. The summed E-state index contributed by atoms with van der Waals surface area (Å²) in [6.07, 6.45) is 1.44. The number of hydrogen-bond acceptors (Lipinski definition) is 4. The second-order valence-corrected chi connectivity index (χ2v) is 2.02. The van der Waals surface area contributed by atoms with Crippen molar-refractivity contribution in [1.29, 1.82) is 0 Å². The van der Waals surface area contributed by atoms with Crippen LogP contribution in [0.4, 0.5) is 0 Å². The predicted molar refractivity (Wildman–Crippen MR) is 44.9 cm³/mol. The molecule has 0 aromatic heterocycles. The van der Waals surface area contributed by atoms with E-state index in [1.165, 1.54) is 0 Å². The summed E-state index contributed by atoms with van der Waals surface area (Å²) in [4.78, 5) is 9.29. The molecule has 0 aliphatic heterocycles. The lowest BCUT2D eigenvalue weighted by molar-refractivity contribution is -0.133. The molecule has 0 aliphatic rings. The topological polar surface area (TPSA) is 77.8 Å². The first kappa shape index (κ1) is 13.3. The highest BCUT2D eigenvalue weighted by Gasteiger charge is 1.81. The standard InChI is InChI=1S/C4H10O2.C2H4O2S/c5-3-1-2-4-6;3-2(4)1-5/h5-6H,1-4H2;5H,1H2,(H,3,4). The van der Waals surface area contributed by atoms with E-state index in [9.17, 15) is 4.79 Å². The second-order valence-electron chi connectivity index (χ2n) is 1.71. The normalized spacial score (nSPS) is 8.27. The molecule has 5 heteroatoms. The molecule has 0 aliphatic carbocycles. The van der Waals surface area contributed by atoms with Gasteiger partial charge in [0.1, 0.15) is 0 Å². The molecule has 0 aromatic rings. The summed E-state index contributed by atoms with van der Waals surface area (Å²) in [7, 11) is 0. The van der Waals surface area contributed by atoms with Gasteiger partial charge in [-0.1, -0.05) is 0 Å². The minimum absolute atomic E-state index is 0.0833. The third-order valence-corrected chi connectivity index (χ3v) is 0.972. The van der Waals surface area contributed by atoms with Crippen molar-refractivity contribution < 1.29 is 20.1 Å². The van der Waals surface area contributed by atoms with Crippen LogP contribution in [0.2, 0.25) is 0 Å². The number of aliphatic hydroxyl groups is 2. The molecule has 0 saturated carbocycles. The number of aliphatic hydroxyl groups excluding tert-OH is 2. The molecule has 0 saturated heterocycles. The van der Waals surface area contributed by atoms with E-state index in [2.05, 4.69) is 12.6 Å². The van der Waals surface area contributed by atoms with Crippen molar-refractivity contribution in [3.63, 3.8) is 0 Å². The Labute approximate surface area is 71.3 Å². The van der Waals surface area contributed by atoms with Crippen LogP contribution < -0.4 is 0 Å². The lowest BCUT2D eigenvalue weighted by atomic mass is 10.3. The number of rotatable bonds is 4. The van der Waals surface area contributed by atoms with Crippen molar-refractivity contribution in [3.8, 4) is 0 Å². The Hall–Kier alpha value is -0.260. The van der Waals surface area contributed by atoms with Crippen LogP contribution in [-0.4, -0.2) is 40.3 Å². The van der Waals surface area contributed by atoms with Crippen molar-refractivity contribution in [2.75, 3.05) is 19.0 Å². The van der Waals surface area contributed by atoms with Gasteiger partial charge < -0.3 is 15.3 Å². The molecule has 0 fully saturated rings. The predicted octanol–water partition coefficient (Wildman–Crippen LogP) is -0.248. The number of carbonyl (C=O) groups is 1. The molecule has 3 N–H and O–H groups in total. The minimum atomic E-state index is -0.881.